The summed E-state index contributed by atoms with van der Waals surface area (Å²) in [6, 6.07) is 2.89. The van der Waals surface area contributed by atoms with Crippen molar-refractivity contribution >= 4 is 11.9 Å². The second-order valence-corrected chi connectivity index (χ2v) is 5.91. The molecule has 1 atom stereocenters. The molecule has 2 heterocycles. The number of nitrogens with one attached hydrogen (secondary N) is 1. The number of carbonyl (C=O) groups is 2. The summed E-state index contributed by atoms with van der Waals surface area (Å²) in [5, 5.41) is 11.9. The zero-order chi connectivity index (χ0) is 15.6. The zero-order valence-corrected chi connectivity index (χ0v) is 12.5. The Balaban J connectivity index is 2.07. The normalized spacial score (nSPS) is 20.8. The van der Waals surface area contributed by atoms with E-state index in [9.17, 15) is 9.59 Å². The van der Waals surface area contributed by atoms with E-state index in [1.165, 1.54) is 12.1 Å². The second kappa shape index (κ2) is 5.81. The van der Waals surface area contributed by atoms with Crippen molar-refractivity contribution in [2.45, 2.75) is 45.3 Å². The molecule has 0 radical (unpaired) electrons. The lowest BCUT2D eigenvalue weighted by atomic mass is 9.94. The zero-order valence-electron chi connectivity index (χ0n) is 12.5. The minimum atomic E-state index is -1.04. The van der Waals surface area contributed by atoms with Gasteiger partial charge in [-0.25, -0.2) is 9.78 Å². The number of aromatic carboxylic acids is 1. The molecule has 1 aromatic rings. The van der Waals surface area contributed by atoms with Crippen LogP contribution in [0.1, 0.15) is 53.2 Å². The van der Waals surface area contributed by atoms with Gasteiger partial charge in [0.2, 0.25) is 0 Å². The Morgan fingerprint density at radius 2 is 2.14 bits per heavy atom. The highest BCUT2D eigenvalue weighted by molar-refractivity contribution is 5.94. The van der Waals surface area contributed by atoms with Crippen LogP contribution in [0.15, 0.2) is 12.1 Å². The molecule has 0 spiro atoms. The molecule has 0 saturated carbocycles. The Hall–Kier alpha value is -1.95. The number of aromatic nitrogens is 1. The predicted octanol–water partition coefficient (Wildman–Crippen LogP) is 1.78. The van der Waals surface area contributed by atoms with Crippen molar-refractivity contribution in [3.8, 4) is 0 Å². The van der Waals surface area contributed by atoms with E-state index in [0.717, 1.165) is 12.8 Å². The van der Waals surface area contributed by atoms with Gasteiger partial charge in [0.1, 0.15) is 5.69 Å². The van der Waals surface area contributed by atoms with Crippen LogP contribution in [0.2, 0.25) is 0 Å². The molecule has 2 rings (SSSR count). The van der Waals surface area contributed by atoms with Crippen LogP contribution in [0.25, 0.3) is 0 Å². The minimum absolute atomic E-state index is 0.0440. The average Bonchev–Trinajstić information content (AvgIpc) is 2.36. The van der Waals surface area contributed by atoms with Crippen molar-refractivity contribution < 1.29 is 19.4 Å². The molecular weight excluding hydrogens is 272 g/mol. The molecule has 2 N–H and O–H groups in total. The molecule has 1 unspecified atom stereocenters. The molecule has 6 nitrogen and oxygen atoms in total. The molecule has 1 aliphatic rings. The first-order valence-corrected chi connectivity index (χ1v) is 6.94. The van der Waals surface area contributed by atoms with Gasteiger partial charge in [-0.1, -0.05) is 0 Å². The van der Waals surface area contributed by atoms with Crippen LogP contribution in [-0.2, 0) is 4.74 Å². The van der Waals surface area contributed by atoms with Gasteiger partial charge in [0.05, 0.1) is 16.9 Å². The molecule has 21 heavy (non-hydrogen) atoms. The maximum atomic E-state index is 12.2. The maximum absolute atomic E-state index is 12.2. The van der Waals surface area contributed by atoms with Gasteiger partial charge in [0.15, 0.2) is 0 Å². The highest BCUT2D eigenvalue weighted by Gasteiger charge is 2.30. The first-order chi connectivity index (χ1) is 9.78. The van der Waals surface area contributed by atoms with E-state index >= 15 is 0 Å². The molecule has 1 saturated heterocycles. The van der Waals surface area contributed by atoms with Gasteiger partial charge in [0, 0.05) is 12.6 Å². The van der Waals surface area contributed by atoms with Gasteiger partial charge < -0.3 is 15.2 Å². The number of pyridine rings is 1. The van der Waals surface area contributed by atoms with Crippen LogP contribution in [0.3, 0.4) is 0 Å². The van der Waals surface area contributed by atoms with Gasteiger partial charge in [-0.2, -0.15) is 0 Å². The van der Waals surface area contributed by atoms with Crippen molar-refractivity contribution in [2.75, 3.05) is 6.61 Å². The van der Waals surface area contributed by atoms with E-state index in [2.05, 4.69) is 10.3 Å². The SMILES string of the molecule is Cc1nc(C(=O)NC2CCOC(C)(C)C2)ccc1C(=O)O. The summed E-state index contributed by atoms with van der Waals surface area (Å²) in [4.78, 5) is 27.2. The average molecular weight is 292 g/mol. The van der Waals surface area contributed by atoms with Gasteiger partial charge in [-0.05, 0) is 45.7 Å². The van der Waals surface area contributed by atoms with Gasteiger partial charge in [-0.15, -0.1) is 0 Å². The van der Waals surface area contributed by atoms with E-state index in [-0.39, 0.29) is 28.8 Å². The Labute approximate surface area is 123 Å². The van der Waals surface area contributed by atoms with Crippen molar-refractivity contribution in [2.24, 2.45) is 0 Å². The number of nitrogens with zero attached hydrogens (tertiary/aromatic N) is 1. The van der Waals surface area contributed by atoms with Crippen LogP contribution in [0, 0.1) is 6.92 Å². The van der Waals surface area contributed by atoms with Crippen molar-refractivity contribution in [1.29, 1.82) is 0 Å². The Morgan fingerprint density at radius 1 is 1.43 bits per heavy atom. The van der Waals surface area contributed by atoms with Crippen LogP contribution in [0.5, 0.6) is 0 Å². The lowest BCUT2D eigenvalue weighted by Crippen LogP contribution is -2.46. The number of amides is 1. The van der Waals surface area contributed by atoms with E-state index < -0.39 is 5.97 Å². The third-order valence-electron chi connectivity index (χ3n) is 3.58. The lowest BCUT2D eigenvalue weighted by molar-refractivity contribution is -0.0615. The molecule has 0 aromatic carbocycles. The summed E-state index contributed by atoms with van der Waals surface area (Å²) in [5.41, 5.74) is 0.440. The van der Waals surface area contributed by atoms with Crippen LogP contribution in [0.4, 0.5) is 0 Å². The first kappa shape index (κ1) is 15.4. The third-order valence-corrected chi connectivity index (χ3v) is 3.58. The number of hydrogen-bond donors (Lipinski definition) is 2. The number of rotatable bonds is 3. The monoisotopic (exact) mass is 292 g/mol. The standard InChI is InChI=1S/C15H20N2O4/c1-9-11(14(19)20)4-5-12(16-9)13(18)17-10-6-7-21-15(2,3)8-10/h4-5,10H,6-8H2,1-3H3,(H,17,18)(H,19,20). The molecule has 1 aliphatic heterocycles. The van der Waals surface area contributed by atoms with Gasteiger partial charge in [-0.3, -0.25) is 4.79 Å². The maximum Gasteiger partial charge on any atom is 0.337 e. The quantitative estimate of drug-likeness (QED) is 0.886. The molecule has 114 valence electrons. The first-order valence-electron chi connectivity index (χ1n) is 6.94. The highest BCUT2D eigenvalue weighted by Crippen LogP contribution is 2.24. The Kier molecular flexibility index (Phi) is 4.27. The Bertz CT molecular complexity index is 569. The third kappa shape index (κ3) is 3.78. The van der Waals surface area contributed by atoms with Crippen LogP contribution in [-0.4, -0.2) is 40.2 Å². The molecule has 0 bridgehead atoms. The number of ether oxygens (including phenoxy) is 1. The second-order valence-electron chi connectivity index (χ2n) is 5.91. The predicted molar refractivity (Wildman–Crippen MR) is 76.5 cm³/mol. The van der Waals surface area contributed by atoms with Gasteiger partial charge in [0.25, 0.3) is 5.91 Å². The summed E-state index contributed by atoms with van der Waals surface area (Å²) in [6.45, 7) is 6.19. The molecule has 6 heteroatoms. The topological polar surface area (TPSA) is 88.5 Å². The molecule has 1 amide bonds. The number of carbonyl (C=O) groups excluding carboxylic acids is 1. The summed E-state index contributed by atoms with van der Waals surface area (Å²) < 4.78 is 5.61. The van der Waals surface area contributed by atoms with Crippen LogP contribution >= 0.6 is 0 Å². The number of hydrogen-bond acceptors (Lipinski definition) is 4. The van der Waals surface area contributed by atoms with Crippen LogP contribution < -0.4 is 5.32 Å². The summed E-state index contributed by atoms with van der Waals surface area (Å²) in [5.74, 6) is -1.32. The molecule has 1 fully saturated rings. The molecular formula is C15H20N2O4. The fraction of sp³-hybridized carbons (Fsp3) is 0.533. The summed E-state index contributed by atoms with van der Waals surface area (Å²) >= 11 is 0. The summed E-state index contributed by atoms with van der Waals surface area (Å²) in [6.07, 6.45) is 1.51. The fourth-order valence-corrected chi connectivity index (χ4v) is 2.53. The largest absolute Gasteiger partial charge is 0.478 e. The van der Waals surface area contributed by atoms with Crippen molar-refractivity contribution in [3.63, 3.8) is 0 Å². The number of carboxylic acids is 1. The smallest absolute Gasteiger partial charge is 0.337 e. The van der Waals surface area contributed by atoms with E-state index in [1.807, 2.05) is 13.8 Å². The molecule has 1 aromatic heterocycles. The van der Waals surface area contributed by atoms with Crippen molar-refractivity contribution in [3.05, 3.63) is 29.1 Å². The van der Waals surface area contributed by atoms with E-state index in [4.69, 9.17) is 9.84 Å². The number of carboxylic acid groups (broad SMARTS) is 1. The fourth-order valence-electron chi connectivity index (χ4n) is 2.53. The lowest BCUT2D eigenvalue weighted by Gasteiger charge is -2.35. The highest BCUT2D eigenvalue weighted by atomic mass is 16.5. The summed E-state index contributed by atoms with van der Waals surface area (Å²) in [7, 11) is 0. The minimum Gasteiger partial charge on any atom is -0.478 e. The Morgan fingerprint density at radius 3 is 2.71 bits per heavy atom. The van der Waals surface area contributed by atoms with E-state index in [1.54, 1.807) is 6.92 Å². The van der Waals surface area contributed by atoms with Gasteiger partial charge >= 0.3 is 5.97 Å². The number of aryl methyl sites for hydroxylation is 1. The van der Waals surface area contributed by atoms with Crippen molar-refractivity contribution in [1.82, 2.24) is 10.3 Å². The molecule has 0 aliphatic carbocycles. The van der Waals surface area contributed by atoms with E-state index in [0.29, 0.717) is 12.3 Å².